The number of benzene rings is 1. The summed E-state index contributed by atoms with van der Waals surface area (Å²) in [5.74, 6) is -0.315. The average molecular weight is 385 g/mol. The molecule has 1 saturated heterocycles. The van der Waals surface area contributed by atoms with Crippen LogP contribution in [0.5, 0.6) is 0 Å². The lowest BCUT2D eigenvalue weighted by Gasteiger charge is -2.09. The molecule has 0 bridgehead atoms. The number of aromatic nitrogens is 3. The van der Waals surface area contributed by atoms with E-state index < -0.39 is 21.9 Å². The van der Waals surface area contributed by atoms with Crippen molar-refractivity contribution >= 4 is 27.6 Å². The Bertz CT molecular complexity index is 881. The van der Waals surface area contributed by atoms with Gasteiger partial charge in [-0.05, 0) is 30.7 Å². The minimum absolute atomic E-state index is 0.00589. The van der Waals surface area contributed by atoms with Gasteiger partial charge in [0.25, 0.3) is 0 Å². The van der Waals surface area contributed by atoms with Crippen molar-refractivity contribution in [3.05, 3.63) is 30.1 Å². The highest BCUT2D eigenvalue weighted by molar-refractivity contribution is 7.99. The third-order valence-electron chi connectivity index (χ3n) is 3.75. The quantitative estimate of drug-likeness (QED) is 0.568. The first kappa shape index (κ1) is 17.9. The lowest BCUT2D eigenvalue weighted by atomic mass is 10.2. The summed E-state index contributed by atoms with van der Waals surface area (Å²) >= 11 is 1.15. The van der Waals surface area contributed by atoms with Crippen LogP contribution in [0.15, 0.2) is 29.4 Å². The first-order valence-electron chi connectivity index (χ1n) is 7.52. The van der Waals surface area contributed by atoms with Gasteiger partial charge in [-0.25, -0.2) is 12.8 Å². The molecular formula is C15H16FN3O4S2. The molecule has 2 heterocycles. The Morgan fingerprint density at radius 2 is 2.08 bits per heavy atom. The third kappa shape index (κ3) is 4.37. The standard InChI is InChI=1S/C15H16FN3O4S2/c1-19-14(10-2-4-11(16)5-3-10)17-18-15(19)24-8-13(20)23-12-6-7-25(21,22)9-12/h2-5,12H,6-9H2,1H3/t12-/m0/s1. The topological polar surface area (TPSA) is 91.2 Å². The van der Waals surface area contributed by atoms with Crippen LogP contribution in [0.2, 0.25) is 0 Å². The summed E-state index contributed by atoms with van der Waals surface area (Å²) in [5, 5.41) is 8.58. The number of rotatable bonds is 5. The van der Waals surface area contributed by atoms with Crippen LogP contribution in [0.4, 0.5) is 4.39 Å². The van der Waals surface area contributed by atoms with Crippen LogP contribution in [0, 0.1) is 5.82 Å². The second-order valence-corrected chi connectivity index (χ2v) is 8.85. The lowest BCUT2D eigenvalue weighted by molar-refractivity contribution is -0.144. The minimum Gasteiger partial charge on any atom is -0.461 e. The fourth-order valence-electron chi connectivity index (χ4n) is 2.49. The predicted octanol–water partition coefficient (Wildman–Crippen LogP) is 1.44. The maximum absolute atomic E-state index is 13.0. The number of halogens is 1. The molecule has 0 unspecified atom stereocenters. The summed E-state index contributed by atoms with van der Waals surface area (Å²) < 4.78 is 42.6. The highest BCUT2D eigenvalue weighted by Crippen LogP contribution is 2.23. The molecular weight excluding hydrogens is 369 g/mol. The van der Waals surface area contributed by atoms with Crippen molar-refractivity contribution < 1.29 is 22.3 Å². The van der Waals surface area contributed by atoms with Crippen LogP contribution in [0.25, 0.3) is 11.4 Å². The zero-order valence-corrected chi connectivity index (χ0v) is 15.0. The molecule has 7 nitrogen and oxygen atoms in total. The number of thioether (sulfide) groups is 1. The Morgan fingerprint density at radius 1 is 1.36 bits per heavy atom. The summed E-state index contributed by atoms with van der Waals surface area (Å²) in [4.78, 5) is 11.9. The maximum atomic E-state index is 13.0. The Morgan fingerprint density at radius 3 is 2.72 bits per heavy atom. The van der Waals surface area contributed by atoms with Crippen molar-refractivity contribution in [2.45, 2.75) is 17.7 Å². The molecule has 0 spiro atoms. The number of sulfone groups is 1. The van der Waals surface area contributed by atoms with E-state index in [-0.39, 0.29) is 23.1 Å². The van der Waals surface area contributed by atoms with E-state index in [0.717, 1.165) is 11.8 Å². The number of nitrogens with zero attached hydrogens (tertiary/aromatic N) is 3. The van der Waals surface area contributed by atoms with Crippen LogP contribution >= 0.6 is 11.8 Å². The number of esters is 1. The van der Waals surface area contributed by atoms with Crippen LogP contribution in [-0.2, 0) is 26.4 Å². The molecule has 10 heteroatoms. The molecule has 134 valence electrons. The smallest absolute Gasteiger partial charge is 0.316 e. The first-order valence-corrected chi connectivity index (χ1v) is 10.3. The molecule has 1 aromatic carbocycles. The number of ether oxygens (including phenoxy) is 1. The summed E-state index contributed by atoms with van der Waals surface area (Å²) in [6.07, 6.45) is -0.218. The largest absolute Gasteiger partial charge is 0.461 e. The van der Waals surface area contributed by atoms with Gasteiger partial charge in [-0.3, -0.25) is 4.79 Å². The van der Waals surface area contributed by atoms with E-state index in [0.29, 0.717) is 23.0 Å². The van der Waals surface area contributed by atoms with Gasteiger partial charge in [-0.15, -0.1) is 10.2 Å². The molecule has 25 heavy (non-hydrogen) atoms. The van der Waals surface area contributed by atoms with Crippen molar-refractivity contribution in [1.82, 2.24) is 14.8 Å². The zero-order chi connectivity index (χ0) is 18.0. The normalized spacial score (nSPS) is 19.0. The summed E-state index contributed by atoms with van der Waals surface area (Å²) in [6.45, 7) is 0. The fourth-order valence-corrected chi connectivity index (χ4v) is 4.77. The number of carbonyl (C=O) groups is 1. The molecule has 0 radical (unpaired) electrons. The van der Waals surface area contributed by atoms with Gasteiger partial charge in [0.05, 0.1) is 17.3 Å². The summed E-state index contributed by atoms with van der Waals surface area (Å²) in [7, 11) is -1.34. The van der Waals surface area contributed by atoms with Gasteiger partial charge < -0.3 is 9.30 Å². The molecule has 1 aliphatic heterocycles. The first-order chi connectivity index (χ1) is 11.8. The molecule has 0 amide bonds. The third-order valence-corrected chi connectivity index (χ3v) is 6.48. The maximum Gasteiger partial charge on any atom is 0.316 e. The van der Waals surface area contributed by atoms with E-state index in [4.69, 9.17) is 4.74 Å². The number of hydrogen-bond donors (Lipinski definition) is 0. The second-order valence-electron chi connectivity index (χ2n) is 5.68. The van der Waals surface area contributed by atoms with E-state index in [2.05, 4.69) is 10.2 Å². The molecule has 0 saturated carbocycles. The molecule has 3 rings (SSSR count). The van der Waals surface area contributed by atoms with Crippen LogP contribution in [-0.4, -0.2) is 52.5 Å². The van der Waals surface area contributed by atoms with Crippen molar-refractivity contribution in [2.24, 2.45) is 7.05 Å². The highest BCUT2D eigenvalue weighted by Gasteiger charge is 2.30. The van der Waals surface area contributed by atoms with Gasteiger partial charge in [0, 0.05) is 12.6 Å². The monoisotopic (exact) mass is 385 g/mol. The number of carbonyl (C=O) groups excluding carboxylic acids is 1. The van der Waals surface area contributed by atoms with Gasteiger partial charge in [-0.1, -0.05) is 11.8 Å². The molecule has 0 N–H and O–H groups in total. The van der Waals surface area contributed by atoms with E-state index in [1.807, 2.05) is 0 Å². The summed E-state index contributed by atoms with van der Waals surface area (Å²) in [5.41, 5.74) is 0.710. The van der Waals surface area contributed by atoms with Gasteiger partial charge in [0.2, 0.25) is 0 Å². The van der Waals surface area contributed by atoms with E-state index in [1.165, 1.54) is 12.1 Å². The molecule has 0 aliphatic carbocycles. The van der Waals surface area contributed by atoms with Gasteiger partial charge in [0.15, 0.2) is 20.8 Å². The Hall–Kier alpha value is -1.94. The summed E-state index contributed by atoms with van der Waals surface area (Å²) in [6, 6.07) is 5.87. The van der Waals surface area contributed by atoms with Gasteiger partial charge in [0.1, 0.15) is 11.9 Å². The molecule has 1 aromatic heterocycles. The number of hydrogen-bond acceptors (Lipinski definition) is 7. The van der Waals surface area contributed by atoms with Crippen LogP contribution in [0.1, 0.15) is 6.42 Å². The van der Waals surface area contributed by atoms with E-state index in [1.54, 1.807) is 23.7 Å². The van der Waals surface area contributed by atoms with E-state index >= 15 is 0 Å². The Balaban J connectivity index is 1.59. The Kier molecular flexibility index (Phi) is 5.09. The zero-order valence-electron chi connectivity index (χ0n) is 13.4. The van der Waals surface area contributed by atoms with Crippen LogP contribution < -0.4 is 0 Å². The Labute approximate surface area is 148 Å². The van der Waals surface area contributed by atoms with Crippen LogP contribution in [0.3, 0.4) is 0 Å². The molecule has 1 fully saturated rings. The van der Waals surface area contributed by atoms with Gasteiger partial charge >= 0.3 is 5.97 Å². The lowest BCUT2D eigenvalue weighted by Crippen LogP contribution is -2.20. The molecule has 2 aromatic rings. The molecule has 1 atom stereocenters. The average Bonchev–Trinajstić information content (AvgIpc) is 3.08. The SMILES string of the molecule is Cn1c(SCC(=O)O[C@H]2CCS(=O)(=O)C2)nnc1-c1ccc(F)cc1. The highest BCUT2D eigenvalue weighted by atomic mass is 32.2. The van der Waals surface area contributed by atoms with Crippen molar-refractivity contribution in [3.8, 4) is 11.4 Å². The minimum atomic E-state index is -3.08. The van der Waals surface area contributed by atoms with Crippen molar-refractivity contribution in [2.75, 3.05) is 17.3 Å². The van der Waals surface area contributed by atoms with Gasteiger partial charge in [-0.2, -0.15) is 0 Å². The van der Waals surface area contributed by atoms with E-state index in [9.17, 15) is 17.6 Å². The van der Waals surface area contributed by atoms with Crippen molar-refractivity contribution in [1.29, 1.82) is 0 Å². The second kappa shape index (κ2) is 7.12. The predicted molar refractivity (Wildman–Crippen MR) is 90.3 cm³/mol. The fraction of sp³-hybridized carbons (Fsp3) is 0.400. The van der Waals surface area contributed by atoms with Crippen molar-refractivity contribution in [3.63, 3.8) is 0 Å². The molecule has 1 aliphatic rings.